The van der Waals surface area contributed by atoms with E-state index in [4.69, 9.17) is 0 Å². The zero-order valence-corrected chi connectivity index (χ0v) is 11.8. The second kappa shape index (κ2) is 6.90. The standard InChI is InChI=1S/C14H22N2OS/c1-11-5-6-13(18-11)3-2-4-14(17)16-12-7-9-15-10-8-12/h5-6,12,15H,2-4,7-10H2,1H3,(H,16,17). The molecule has 1 aliphatic rings. The summed E-state index contributed by atoms with van der Waals surface area (Å²) in [6, 6.07) is 4.71. The highest BCUT2D eigenvalue weighted by molar-refractivity contribution is 7.11. The summed E-state index contributed by atoms with van der Waals surface area (Å²) >= 11 is 1.84. The van der Waals surface area contributed by atoms with Crippen LogP contribution in [-0.4, -0.2) is 25.0 Å². The quantitative estimate of drug-likeness (QED) is 0.858. The van der Waals surface area contributed by atoms with Crippen molar-refractivity contribution in [3.05, 3.63) is 21.9 Å². The SMILES string of the molecule is Cc1ccc(CCCC(=O)NC2CCNCC2)s1. The van der Waals surface area contributed by atoms with Crippen molar-refractivity contribution in [1.29, 1.82) is 0 Å². The van der Waals surface area contributed by atoms with Gasteiger partial charge in [-0.2, -0.15) is 0 Å². The van der Waals surface area contributed by atoms with Crippen LogP contribution in [0.2, 0.25) is 0 Å². The van der Waals surface area contributed by atoms with E-state index in [1.54, 1.807) is 0 Å². The van der Waals surface area contributed by atoms with E-state index >= 15 is 0 Å². The van der Waals surface area contributed by atoms with Crippen LogP contribution in [-0.2, 0) is 11.2 Å². The Morgan fingerprint density at radius 3 is 2.89 bits per heavy atom. The molecule has 100 valence electrons. The fourth-order valence-electron chi connectivity index (χ4n) is 2.31. The Morgan fingerprint density at radius 1 is 1.44 bits per heavy atom. The molecule has 1 saturated heterocycles. The van der Waals surface area contributed by atoms with Gasteiger partial charge in [-0.15, -0.1) is 11.3 Å². The molecule has 0 bridgehead atoms. The smallest absolute Gasteiger partial charge is 0.220 e. The molecule has 0 saturated carbocycles. The average molecular weight is 266 g/mol. The maximum absolute atomic E-state index is 11.8. The highest BCUT2D eigenvalue weighted by Crippen LogP contribution is 2.17. The molecular weight excluding hydrogens is 244 g/mol. The maximum Gasteiger partial charge on any atom is 0.220 e. The maximum atomic E-state index is 11.8. The van der Waals surface area contributed by atoms with Gasteiger partial charge in [-0.3, -0.25) is 4.79 Å². The van der Waals surface area contributed by atoms with Gasteiger partial charge in [0.1, 0.15) is 0 Å². The summed E-state index contributed by atoms with van der Waals surface area (Å²) in [5.74, 6) is 0.218. The Hall–Kier alpha value is -0.870. The fraction of sp³-hybridized carbons (Fsp3) is 0.643. The van der Waals surface area contributed by atoms with Gasteiger partial charge in [-0.05, 0) is 57.8 Å². The number of piperidine rings is 1. The van der Waals surface area contributed by atoms with Crippen LogP contribution in [0.4, 0.5) is 0 Å². The number of rotatable bonds is 5. The predicted molar refractivity (Wildman–Crippen MR) is 76.0 cm³/mol. The molecule has 0 aliphatic carbocycles. The molecule has 1 aromatic rings. The molecule has 0 spiro atoms. The lowest BCUT2D eigenvalue weighted by Gasteiger charge is -2.23. The number of hydrogen-bond donors (Lipinski definition) is 2. The molecular formula is C14H22N2OS. The molecule has 1 amide bonds. The molecule has 1 aliphatic heterocycles. The van der Waals surface area contributed by atoms with Gasteiger partial charge < -0.3 is 10.6 Å². The Bertz CT molecular complexity index is 383. The van der Waals surface area contributed by atoms with Gasteiger partial charge in [0.05, 0.1) is 0 Å². The van der Waals surface area contributed by atoms with E-state index < -0.39 is 0 Å². The summed E-state index contributed by atoms with van der Waals surface area (Å²) in [6.07, 6.45) is 4.77. The van der Waals surface area contributed by atoms with Gasteiger partial charge in [-0.25, -0.2) is 0 Å². The first kappa shape index (κ1) is 13.6. The van der Waals surface area contributed by atoms with E-state index in [-0.39, 0.29) is 5.91 Å². The summed E-state index contributed by atoms with van der Waals surface area (Å²) in [5, 5.41) is 6.44. The van der Waals surface area contributed by atoms with Crippen molar-refractivity contribution in [2.24, 2.45) is 0 Å². The number of thiophene rings is 1. The molecule has 0 atom stereocenters. The van der Waals surface area contributed by atoms with Crippen molar-refractivity contribution < 1.29 is 4.79 Å². The fourth-order valence-corrected chi connectivity index (χ4v) is 3.24. The monoisotopic (exact) mass is 266 g/mol. The van der Waals surface area contributed by atoms with Crippen molar-refractivity contribution in [2.75, 3.05) is 13.1 Å². The third-order valence-electron chi connectivity index (χ3n) is 3.33. The van der Waals surface area contributed by atoms with Crippen molar-refractivity contribution in [1.82, 2.24) is 10.6 Å². The summed E-state index contributed by atoms with van der Waals surface area (Å²) in [6.45, 7) is 4.18. The van der Waals surface area contributed by atoms with E-state index in [1.165, 1.54) is 9.75 Å². The number of amides is 1. The van der Waals surface area contributed by atoms with Crippen LogP contribution in [0.3, 0.4) is 0 Å². The molecule has 3 nitrogen and oxygen atoms in total. The van der Waals surface area contributed by atoms with Gasteiger partial charge in [0.25, 0.3) is 0 Å². The lowest BCUT2D eigenvalue weighted by atomic mass is 10.1. The van der Waals surface area contributed by atoms with Crippen molar-refractivity contribution in [2.45, 2.75) is 45.1 Å². The minimum absolute atomic E-state index is 0.218. The van der Waals surface area contributed by atoms with Gasteiger partial charge in [-0.1, -0.05) is 0 Å². The molecule has 1 aromatic heterocycles. The van der Waals surface area contributed by atoms with Crippen LogP contribution < -0.4 is 10.6 Å². The van der Waals surface area contributed by atoms with Gasteiger partial charge in [0.15, 0.2) is 0 Å². The van der Waals surface area contributed by atoms with Crippen molar-refractivity contribution >= 4 is 17.2 Å². The van der Waals surface area contributed by atoms with E-state index in [2.05, 4.69) is 29.7 Å². The minimum atomic E-state index is 0.218. The molecule has 18 heavy (non-hydrogen) atoms. The molecule has 2 heterocycles. The van der Waals surface area contributed by atoms with Crippen LogP contribution in [0.25, 0.3) is 0 Å². The zero-order valence-electron chi connectivity index (χ0n) is 11.0. The van der Waals surface area contributed by atoms with Crippen LogP contribution in [0.5, 0.6) is 0 Å². The van der Waals surface area contributed by atoms with Crippen molar-refractivity contribution in [3.8, 4) is 0 Å². The highest BCUT2D eigenvalue weighted by Gasteiger charge is 2.14. The molecule has 0 aromatic carbocycles. The summed E-state index contributed by atoms with van der Waals surface area (Å²) in [4.78, 5) is 14.5. The number of hydrogen-bond acceptors (Lipinski definition) is 3. The number of nitrogens with one attached hydrogen (secondary N) is 2. The van der Waals surface area contributed by atoms with E-state index in [0.717, 1.165) is 38.8 Å². The lowest BCUT2D eigenvalue weighted by molar-refractivity contribution is -0.122. The van der Waals surface area contributed by atoms with Gasteiger partial charge >= 0.3 is 0 Å². The third kappa shape index (κ3) is 4.42. The largest absolute Gasteiger partial charge is 0.353 e. The first-order chi connectivity index (χ1) is 8.74. The normalized spacial score (nSPS) is 16.7. The summed E-state index contributed by atoms with van der Waals surface area (Å²) in [5.41, 5.74) is 0. The highest BCUT2D eigenvalue weighted by atomic mass is 32.1. The molecule has 2 N–H and O–H groups in total. The second-order valence-electron chi connectivity index (χ2n) is 4.96. The van der Waals surface area contributed by atoms with Gasteiger partial charge in [0, 0.05) is 22.2 Å². The van der Waals surface area contributed by atoms with Crippen LogP contribution in [0.1, 0.15) is 35.4 Å². The van der Waals surface area contributed by atoms with E-state index in [9.17, 15) is 4.79 Å². The van der Waals surface area contributed by atoms with Crippen molar-refractivity contribution in [3.63, 3.8) is 0 Å². The minimum Gasteiger partial charge on any atom is -0.353 e. The van der Waals surface area contributed by atoms with E-state index in [1.807, 2.05) is 11.3 Å². The number of aryl methyl sites for hydroxylation is 2. The summed E-state index contributed by atoms with van der Waals surface area (Å²) < 4.78 is 0. The zero-order chi connectivity index (χ0) is 12.8. The van der Waals surface area contributed by atoms with Crippen LogP contribution in [0.15, 0.2) is 12.1 Å². The lowest BCUT2D eigenvalue weighted by Crippen LogP contribution is -2.42. The molecule has 2 rings (SSSR count). The number of carbonyl (C=O) groups is 1. The van der Waals surface area contributed by atoms with E-state index in [0.29, 0.717) is 12.5 Å². The summed E-state index contributed by atoms with van der Waals surface area (Å²) in [7, 11) is 0. The molecule has 4 heteroatoms. The first-order valence-electron chi connectivity index (χ1n) is 6.79. The Balaban J connectivity index is 1.62. The Kier molecular flexibility index (Phi) is 5.20. The Morgan fingerprint density at radius 2 is 2.22 bits per heavy atom. The molecule has 1 fully saturated rings. The number of carbonyl (C=O) groups excluding carboxylic acids is 1. The molecule has 0 radical (unpaired) electrons. The Labute approximate surface area is 113 Å². The second-order valence-corrected chi connectivity index (χ2v) is 6.33. The van der Waals surface area contributed by atoms with Gasteiger partial charge in [0.2, 0.25) is 5.91 Å². The average Bonchev–Trinajstić information content (AvgIpc) is 2.76. The topological polar surface area (TPSA) is 41.1 Å². The predicted octanol–water partition coefficient (Wildman–Crippen LogP) is 2.25. The van der Waals surface area contributed by atoms with Crippen LogP contribution in [0, 0.1) is 6.92 Å². The van der Waals surface area contributed by atoms with Crippen LogP contribution >= 0.6 is 11.3 Å². The third-order valence-corrected chi connectivity index (χ3v) is 4.39. The molecule has 0 unspecified atom stereocenters. The first-order valence-corrected chi connectivity index (χ1v) is 7.61.